The predicted molar refractivity (Wildman–Crippen MR) is 104 cm³/mol. The summed E-state index contributed by atoms with van der Waals surface area (Å²) in [5.41, 5.74) is 0.807. The molecule has 2 aromatic heterocycles. The second kappa shape index (κ2) is 10.5. The number of hydrogen-bond donors (Lipinski definition) is 0. The molecule has 1 saturated heterocycles. The molecule has 8 heteroatoms. The van der Waals surface area contributed by atoms with Gasteiger partial charge in [0.25, 0.3) is 0 Å². The third-order valence-electron chi connectivity index (χ3n) is 4.04. The van der Waals surface area contributed by atoms with Crippen LogP contribution in [0.1, 0.15) is 11.5 Å². The van der Waals surface area contributed by atoms with E-state index in [-0.39, 0.29) is 6.10 Å². The zero-order valence-corrected chi connectivity index (χ0v) is 16.5. The first-order chi connectivity index (χ1) is 13.3. The van der Waals surface area contributed by atoms with Crippen molar-refractivity contribution in [3.8, 4) is 5.88 Å². The number of aromatic nitrogens is 2. The van der Waals surface area contributed by atoms with Crippen molar-refractivity contribution < 1.29 is 18.6 Å². The average Bonchev–Trinajstić information content (AvgIpc) is 3.20. The third kappa shape index (κ3) is 6.35. The predicted octanol–water partition coefficient (Wildman–Crippen LogP) is 2.73. The molecule has 1 fully saturated rings. The van der Waals surface area contributed by atoms with Crippen LogP contribution in [0.3, 0.4) is 0 Å². The Hall–Kier alpha value is -1.87. The van der Waals surface area contributed by atoms with E-state index >= 15 is 0 Å². The van der Waals surface area contributed by atoms with Crippen LogP contribution in [0.5, 0.6) is 5.88 Å². The molecule has 1 aliphatic rings. The van der Waals surface area contributed by atoms with Crippen molar-refractivity contribution in [3.63, 3.8) is 0 Å². The smallest absolute Gasteiger partial charge is 0.217 e. The first kappa shape index (κ1) is 19.9. The van der Waals surface area contributed by atoms with E-state index < -0.39 is 0 Å². The summed E-state index contributed by atoms with van der Waals surface area (Å²) in [5, 5.41) is 0.675. The number of furan rings is 1. The highest BCUT2D eigenvalue weighted by atomic mass is 32.2. The van der Waals surface area contributed by atoms with Crippen LogP contribution in [0, 0.1) is 0 Å². The van der Waals surface area contributed by atoms with Crippen LogP contribution in [-0.2, 0) is 16.1 Å². The zero-order valence-electron chi connectivity index (χ0n) is 15.7. The molecule has 1 atom stereocenters. The summed E-state index contributed by atoms with van der Waals surface area (Å²) in [4.78, 5) is 11.1. The van der Waals surface area contributed by atoms with E-state index in [1.54, 1.807) is 13.4 Å². The molecule has 1 aliphatic heterocycles. The van der Waals surface area contributed by atoms with Crippen molar-refractivity contribution in [1.29, 1.82) is 0 Å². The number of methoxy groups -OCH3 is 1. The summed E-state index contributed by atoms with van der Waals surface area (Å²) in [6.07, 6.45) is 7.72. The second-order valence-electron chi connectivity index (χ2n) is 6.10. The molecule has 7 nitrogen and oxygen atoms in total. The van der Waals surface area contributed by atoms with Crippen molar-refractivity contribution in [2.45, 2.75) is 17.9 Å². The Labute approximate surface area is 163 Å². The molecule has 1 unspecified atom stereocenters. The maximum Gasteiger partial charge on any atom is 0.217 e. The van der Waals surface area contributed by atoms with Gasteiger partial charge in [-0.2, -0.15) is 4.98 Å². The van der Waals surface area contributed by atoms with Gasteiger partial charge in [-0.3, -0.25) is 4.90 Å². The van der Waals surface area contributed by atoms with E-state index in [0.29, 0.717) is 30.9 Å². The van der Waals surface area contributed by atoms with Crippen LogP contribution in [-0.4, -0.2) is 67.2 Å². The Morgan fingerprint density at radius 3 is 3.11 bits per heavy atom. The van der Waals surface area contributed by atoms with E-state index in [0.717, 1.165) is 31.1 Å². The molecule has 0 amide bonds. The molecule has 0 bridgehead atoms. The second-order valence-corrected chi connectivity index (χ2v) is 6.87. The SMILES string of the molecule is COCc1cc(OCC2CN(C/C=C\c3ccco3)CCO2)nc(SC)n1. The molecule has 0 radical (unpaired) electrons. The Bertz CT molecular complexity index is 724. The lowest BCUT2D eigenvalue weighted by atomic mass is 10.2. The normalized spacial score (nSPS) is 18.2. The van der Waals surface area contributed by atoms with Crippen LogP contribution in [0.15, 0.2) is 40.1 Å². The summed E-state index contributed by atoms with van der Waals surface area (Å²) < 4.78 is 22.2. The minimum Gasteiger partial charge on any atom is -0.475 e. The Morgan fingerprint density at radius 1 is 1.41 bits per heavy atom. The fourth-order valence-corrected chi connectivity index (χ4v) is 3.16. The van der Waals surface area contributed by atoms with Gasteiger partial charge in [0, 0.05) is 32.8 Å². The van der Waals surface area contributed by atoms with Crippen LogP contribution in [0.25, 0.3) is 6.08 Å². The maximum atomic E-state index is 5.88. The highest BCUT2D eigenvalue weighted by Crippen LogP contribution is 2.17. The number of ether oxygens (including phenoxy) is 3. The van der Waals surface area contributed by atoms with Crippen LogP contribution in [0.4, 0.5) is 0 Å². The van der Waals surface area contributed by atoms with Crippen LogP contribution in [0.2, 0.25) is 0 Å². The molecule has 3 heterocycles. The van der Waals surface area contributed by atoms with Gasteiger partial charge < -0.3 is 18.6 Å². The molecule has 0 saturated carbocycles. The van der Waals surface area contributed by atoms with Gasteiger partial charge in [0.1, 0.15) is 18.5 Å². The van der Waals surface area contributed by atoms with Gasteiger partial charge in [-0.1, -0.05) is 17.8 Å². The van der Waals surface area contributed by atoms with Gasteiger partial charge in [0.2, 0.25) is 5.88 Å². The van der Waals surface area contributed by atoms with Crippen molar-refractivity contribution >= 4 is 17.8 Å². The van der Waals surface area contributed by atoms with Crippen molar-refractivity contribution in [3.05, 3.63) is 42.0 Å². The lowest BCUT2D eigenvalue weighted by molar-refractivity contribution is -0.0453. The summed E-state index contributed by atoms with van der Waals surface area (Å²) in [5.74, 6) is 1.42. The molecule has 3 rings (SSSR count). The van der Waals surface area contributed by atoms with E-state index in [2.05, 4.69) is 20.9 Å². The number of hydrogen-bond acceptors (Lipinski definition) is 8. The van der Waals surface area contributed by atoms with Gasteiger partial charge in [0.15, 0.2) is 5.16 Å². The number of morpholine rings is 1. The summed E-state index contributed by atoms with van der Waals surface area (Å²) in [6.45, 7) is 4.15. The molecular formula is C19H25N3O4S. The Balaban J connectivity index is 1.49. The largest absolute Gasteiger partial charge is 0.475 e. The molecule has 146 valence electrons. The number of rotatable bonds is 9. The van der Waals surface area contributed by atoms with Gasteiger partial charge in [0.05, 0.1) is 25.2 Å². The minimum atomic E-state index is 0.00864. The Kier molecular flexibility index (Phi) is 7.70. The number of nitrogens with zero attached hydrogens (tertiary/aromatic N) is 3. The highest BCUT2D eigenvalue weighted by Gasteiger charge is 2.20. The highest BCUT2D eigenvalue weighted by molar-refractivity contribution is 7.98. The first-order valence-electron chi connectivity index (χ1n) is 8.84. The van der Waals surface area contributed by atoms with Crippen molar-refractivity contribution in [1.82, 2.24) is 14.9 Å². The molecule has 2 aromatic rings. The molecule has 0 aromatic carbocycles. The third-order valence-corrected chi connectivity index (χ3v) is 4.59. The minimum absolute atomic E-state index is 0.00864. The summed E-state index contributed by atoms with van der Waals surface area (Å²) in [6, 6.07) is 5.64. The van der Waals surface area contributed by atoms with Crippen molar-refractivity contribution in [2.75, 3.05) is 46.2 Å². The van der Waals surface area contributed by atoms with Gasteiger partial charge >= 0.3 is 0 Å². The summed E-state index contributed by atoms with van der Waals surface area (Å²) >= 11 is 1.48. The topological polar surface area (TPSA) is 69.9 Å². The molecule has 0 N–H and O–H groups in total. The molecular weight excluding hydrogens is 366 g/mol. The number of thioether (sulfide) groups is 1. The quantitative estimate of drug-likeness (QED) is 0.477. The van der Waals surface area contributed by atoms with Crippen LogP contribution < -0.4 is 4.74 Å². The van der Waals surface area contributed by atoms with E-state index in [9.17, 15) is 0 Å². The molecule has 0 aliphatic carbocycles. The van der Waals surface area contributed by atoms with E-state index in [4.69, 9.17) is 18.6 Å². The molecule has 0 spiro atoms. The average molecular weight is 391 g/mol. The molecule has 27 heavy (non-hydrogen) atoms. The fraction of sp³-hybridized carbons (Fsp3) is 0.474. The van der Waals surface area contributed by atoms with Gasteiger partial charge in [-0.05, 0) is 24.5 Å². The fourth-order valence-electron chi connectivity index (χ4n) is 2.77. The lowest BCUT2D eigenvalue weighted by Gasteiger charge is -2.31. The first-order valence-corrected chi connectivity index (χ1v) is 10.1. The van der Waals surface area contributed by atoms with Crippen LogP contribution >= 0.6 is 11.8 Å². The van der Waals surface area contributed by atoms with Gasteiger partial charge in [-0.15, -0.1) is 0 Å². The lowest BCUT2D eigenvalue weighted by Crippen LogP contribution is -2.44. The Morgan fingerprint density at radius 2 is 2.33 bits per heavy atom. The van der Waals surface area contributed by atoms with E-state index in [1.165, 1.54) is 11.8 Å². The van der Waals surface area contributed by atoms with E-state index in [1.807, 2.05) is 30.5 Å². The standard InChI is InChI=1S/C19H25N3O4S/c1-23-13-15-11-18(21-19(20-15)27-2)26-14-17-12-22(8-10-25-17)7-3-5-16-6-4-9-24-16/h3-6,9,11,17H,7-8,10,12-14H2,1-2H3/b5-3-. The monoisotopic (exact) mass is 391 g/mol. The zero-order chi connectivity index (χ0) is 18.9. The maximum absolute atomic E-state index is 5.88. The van der Waals surface area contributed by atoms with Crippen molar-refractivity contribution in [2.24, 2.45) is 0 Å². The van der Waals surface area contributed by atoms with Gasteiger partial charge in [-0.25, -0.2) is 4.98 Å². The summed E-state index contributed by atoms with van der Waals surface area (Å²) in [7, 11) is 1.65.